The van der Waals surface area contributed by atoms with Crippen LogP contribution in [0.15, 0.2) is 0 Å². The zero-order valence-corrected chi connectivity index (χ0v) is 14.6. The monoisotopic (exact) mass is 340 g/mol. The molecule has 1 atom stereocenters. The summed E-state index contributed by atoms with van der Waals surface area (Å²) >= 11 is 0. The van der Waals surface area contributed by atoms with E-state index in [4.69, 9.17) is 19.1 Å². The highest BCUT2D eigenvalue weighted by atomic mass is 33.1. The first-order chi connectivity index (χ1) is 9.93. The lowest BCUT2D eigenvalue weighted by molar-refractivity contribution is -0.191. The molecule has 6 nitrogen and oxygen atoms in total. The smallest absolute Gasteiger partial charge is 0.373 e. The number of ether oxygens (including phenoxy) is 2. The number of rotatable bonds is 10. The van der Waals surface area contributed by atoms with Crippen LogP contribution in [-0.4, -0.2) is 48.2 Å². The first-order valence-corrected chi connectivity index (χ1v) is 8.95. The Morgan fingerprint density at radius 3 is 2.29 bits per heavy atom. The lowest BCUT2D eigenvalue weighted by atomic mass is 9.87. The molecule has 0 aromatic heterocycles. The Morgan fingerprint density at radius 1 is 1.33 bits per heavy atom. The van der Waals surface area contributed by atoms with Gasteiger partial charge in [-0.15, -0.1) is 0 Å². The SMILES string of the molecule is CCOC(=O)C(CC)(CO)COCSSC(C)C.O=C=O. The van der Waals surface area contributed by atoms with Crippen molar-refractivity contribution in [3.05, 3.63) is 0 Å². The first-order valence-electron chi connectivity index (χ1n) is 6.57. The van der Waals surface area contributed by atoms with E-state index in [9.17, 15) is 9.90 Å². The summed E-state index contributed by atoms with van der Waals surface area (Å²) in [5.41, 5.74) is -0.918. The minimum Gasteiger partial charge on any atom is -0.465 e. The fraction of sp³-hybridized carbons (Fsp3) is 0.846. The predicted molar refractivity (Wildman–Crippen MR) is 82.6 cm³/mol. The molecule has 0 bridgehead atoms. The Balaban J connectivity index is 0. The normalized spacial score (nSPS) is 12.9. The van der Waals surface area contributed by atoms with E-state index in [1.165, 1.54) is 0 Å². The van der Waals surface area contributed by atoms with Crippen LogP contribution < -0.4 is 0 Å². The summed E-state index contributed by atoms with van der Waals surface area (Å²) in [6, 6.07) is 0. The fourth-order valence-electron chi connectivity index (χ4n) is 1.25. The van der Waals surface area contributed by atoms with Crippen LogP contribution in [0.25, 0.3) is 0 Å². The van der Waals surface area contributed by atoms with Crippen molar-refractivity contribution in [2.24, 2.45) is 5.41 Å². The number of hydrogen-bond donors (Lipinski definition) is 1. The van der Waals surface area contributed by atoms with Gasteiger partial charge in [-0.2, -0.15) is 9.59 Å². The highest BCUT2D eigenvalue weighted by molar-refractivity contribution is 8.76. The standard InChI is InChI=1S/C12H24O4S2.CO2/c1-5-12(7-13,11(14)16-6-2)8-15-9-17-18-10(3)4;2-1-3/h10,13H,5-9H2,1-4H3;. The maximum atomic E-state index is 11.8. The molecule has 8 heteroatoms. The van der Waals surface area contributed by atoms with E-state index >= 15 is 0 Å². The van der Waals surface area contributed by atoms with Gasteiger partial charge in [0, 0.05) is 5.25 Å². The molecule has 0 amide bonds. The largest absolute Gasteiger partial charge is 0.465 e. The number of hydrogen-bond acceptors (Lipinski definition) is 8. The van der Waals surface area contributed by atoms with E-state index in [1.54, 1.807) is 28.5 Å². The molecule has 1 unspecified atom stereocenters. The van der Waals surface area contributed by atoms with Crippen molar-refractivity contribution < 1.29 is 29.0 Å². The highest BCUT2D eigenvalue weighted by Crippen LogP contribution is 2.28. The molecule has 21 heavy (non-hydrogen) atoms. The van der Waals surface area contributed by atoms with Crippen molar-refractivity contribution in [1.82, 2.24) is 0 Å². The topological polar surface area (TPSA) is 89.9 Å². The highest BCUT2D eigenvalue weighted by Gasteiger charge is 2.38. The van der Waals surface area contributed by atoms with E-state index in [0.29, 0.717) is 24.2 Å². The molecular formula is C13H24O6S2. The minimum atomic E-state index is -0.918. The van der Waals surface area contributed by atoms with Crippen LogP contribution in [0.4, 0.5) is 0 Å². The second-order valence-corrected chi connectivity index (χ2v) is 7.22. The minimum absolute atomic E-state index is 0.199. The van der Waals surface area contributed by atoms with E-state index < -0.39 is 5.41 Å². The van der Waals surface area contributed by atoms with Gasteiger partial charge in [-0.3, -0.25) is 4.79 Å². The summed E-state index contributed by atoms with van der Waals surface area (Å²) in [5.74, 6) is 0.126. The van der Waals surface area contributed by atoms with E-state index in [-0.39, 0.29) is 25.3 Å². The molecule has 0 aliphatic heterocycles. The Kier molecular flexibility index (Phi) is 15.6. The van der Waals surface area contributed by atoms with Crippen molar-refractivity contribution in [3.8, 4) is 0 Å². The fourth-order valence-corrected chi connectivity index (χ4v) is 2.91. The van der Waals surface area contributed by atoms with Crippen molar-refractivity contribution in [3.63, 3.8) is 0 Å². The summed E-state index contributed by atoms with van der Waals surface area (Å²) < 4.78 is 10.5. The molecule has 0 aliphatic rings. The molecule has 0 rings (SSSR count). The van der Waals surface area contributed by atoms with Gasteiger partial charge in [0.2, 0.25) is 0 Å². The molecule has 0 fully saturated rings. The van der Waals surface area contributed by atoms with Crippen molar-refractivity contribution in [2.45, 2.75) is 39.4 Å². The Hall–Kier alpha value is -0.530. The van der Waals surface area contributed by atoms with Gasteiger partial charge < -0.3 is 14.6 Å². The third kappa shape index (κ3) is 10.8. The number of carbonyl (C=O) groups excluding carboxylic acids is 3. The zero-order valence-electron chi connectivity index (χ0n) is 12.9. The second kappa shape index (κ2) is 14.4. The third-order valence-corrected chi connectivity index (χ3v) is 5.09. The quantitative estimate of drug-likeness (QED) is 0.280. The molecule has 0 aromatic carbocycles. The predicted octanol–water partition coefficient (Wildman–Crippen LogP) is 2.12. The Morgan fingerprint density at radius 2 is 1.90 bits per heavy atom. The van der Waals surface area contributed by atoms with Crippen molar-refractivity contribution in [1.29, 1.82) is 0 Å². The van der Waals surface area contributed by atoms with Gasteiger partial charge >= 0.3 is 12.1 Å². The van der Waals surface area contributed by atoms with Crippen LogP contribution in [0.5, 0.6) is 0 Å². The second-order valence-electron chi connectivity index (χ2n) is 4.32. The van der Waals surface area contributed by atoms with Gasteiger partial charge in [0.15, 0.2) is 0 Å². The van der Waals surface area contributed by atoms with Gasteiger partial charge in [0.05, 0.1) is 19.8 Å². The van der Waals surface area contributed by atoms with Gasteiger partial charge in [-0.05, 0) is 13.3 Å². The summed E-state index contributed by atoms with van der Waals surface area (Å²) in [5, 5.41) is 9.96. The number of aliphatic hydroxyl groups excluding tert-OH is 1. The summed E-state index contributed by atoms with van der Waals surface area (Å²) in [4.78, 5) is 28.1. The van der Waals surface area contributed by atoms with Crippen LogP contribution in [0.1, 0.15) is 34.1 Å². The van der Waals surface area contributed by atoms with E-state index in [0.717, 1.165) is 0 Å². The van der Waals surface area contributed by atoms with Gasteiger partial charge in [0.25, 0.3) is 0 Å². The Labute approximate surface area is 133 Å². The zero-order chi connectivity index (χ0) is 16.7. The molecule has 0 saturated heterocycles. The van der Waals surface area contributed by atoms with E-state index in [2.05, 4.69) is 13.8 Å². The van der Waals surface area contributed by atoms with Crippen LogP contribution >= 0.6 is 21.6 Å². The van der Waals surface area contributed by atoms with Crippen molar-refractivity contribution >= 4 is 33.7 Å². The molecule has 1 N–H and O–H groups in total. The van der Waals surface area contributed by atoms with Gasteiger partial charge in [-0.1, -0.05) is 42.4 Å². The van der Waals surface area contributed by atoms with E-state index in [1.807, 2.05) is 6.92 Å². The summed E-state index contributed by atoms with van der Waals surface area (Å²) in [6.07, 6.45) is 0.754. The number of carbonyl (C=O) groups is 1. The third-order valence-electron chi connectivity index (χ3n) is 2.46. The number of aliphatic hydroxyl groups is 1. The van der Waals surface area contributed by atoms with Crippen LogP contribution in [0.2, 0.25) is 0 Å². The lowest BCUT2D eigenvalue weighted by Crippen LogP contribution is -2.40. The van der Waals surface area contributed by atoms with Crippen LogP contribution in [-0.2, 0) is 23.9 Å². The average molecular weight is 340 g/mol. The number of esters is 1. The maximum absolute atomic E-state index is 11.8. The molecule has 0 aliphatic carbocycles. The van der Waals surface area contributed by atoms with Crippen molar-refractivity contribution in [2.75, 3.05) is 25.8 Å². The molecule has 0 saturated carbocycles. The lowest BCUT2D eigenvalue weighted by Gasteiger charge is -2.27. The molecule has 124 valence electrons. The summed E-state index contributed by atoms with van der Waals surface area (Å²) in [7, 11) is 3.34. The summed E-state index contributed by atoms with van der Waals surface area (Å²) in [6.45, 7) is 8.10. The molecular weight excluding hydrogens is 316 g/mol. The average Bonchev–Trinajstić information content (AvgIpc) is 2.44. The molecule has 0 heterocycles. The van der Waals surface area contributed by atoms with Gasteiger partial charge in [-0.25, -0.2) is 0 Å². The Bertz CT molecular complexity index is 299. The molecule has 0 spiro atoms. The van der Waals surface area contributed by atoms with Gasteiger partial charge in [0.1, 0.15) is 11.4 Å². The first kappa shape index (κ1) is 22.7. The molecule has 0 radical (unpaired) electrons. The van der Waals surface area contributed by atoms with Crippen LogP contribution in [0, 0.1) is 5.41 Å². The molecule has 0 aromatic rings. The van der Waals surface area contributed by atoms with Crippen LogP contribution in [0.3, 0.4) is 0 Å². The maximum Gasteiger partial charge on any atom is 0.373 e.